The minimum Gasteiger partial charge on any atom is -0.356 e. The van der Waals surface area contributed by atoms with E-state index in [0.717, 1.165) is 24.1 Å². The summed E-state index contributed by atoms with van der Waals surface area (Å²) in [5.74, 6) is -0.0144. The van der Waals surface area contributed by atoms with E-state index in [1.54, 1.807) is 11.3 Å². The Morgan fingerprint density at radius 1 is 1.21 bits per heavy atom. The van der Waals surface area contributed by atoms with Crippen molar-refractivity contribution in [2.75, 3.05) is 13.1 Å². The molecule has 0 saturated heterocycles. The molecule has 0 unspecified atom stereocenters. The van der Waals surface area contributed by atoms with Crippen LogP contribution in [0.15, 0.2) is 6.07 Å². The van der Waals surface area contributed by atoms with Gasteiger partial charge in [-0.05, 0) is 43.7 Å². The molecule has 0 fully saturated rings. The number of thiophene rings is 1. The molecule has 2 N–H and O–H groups in total. The van der Waals surface area contributed by atoms with Crippen LogP contribution in [0.4, 0.5) is 0 Å². The van der Waals surface area contributed by atoms with Crippen molar-refractivity contribution in [1.82, 2.24) is 10.6 Å². The summed E-state index contributed by atoms with van der Waals surface area (Å²) in [7, 11) is 0. The van der Waals surface area contributed by atoms with Crippen LogP contribution in [0, 0.1) is 0 Å². The molecule has 1 aromatic heterocycles. The molecule has 0 radical (unpaired) electrons. The van der Waals surface area contributed by atoms with Gasteiger partial charge in [-0.15, -0.1) is 11.3 Å². The number of amides is 2. The third kappa shape index (κ3) is 4.06. The largest absolute Gasteiger partial charge is 0.356 e. The van der Waals surface area contributed by atoms with Crippen molar-refractivity contribution in [2.24, 2.45) is 0 Å². The van der Waals surface area contributed by atoms with Crippen LogP contribution in [-0.4, -0.2) is 24.9 Å². The van der Waals surface area contributed by atoms with Gasteiger partial charge in [0, 0.05) is 24.9 Å². The molecular weight excluding hydrogens is 260 g/mol. The van der Waals surface area contributed by atoms with Gasteiger partial charge in [0.25, 0.3) is 5.91 Å². The van der Waals surface area contributed by atoms with Crippen molar-refractivity contribution in [1.29, 1.82) is 0 Å². The zero-order valence-electron chi connectivity index (χ0n) is 11.3. The Hall–Kier alpha value is -1.36. The van der Waals surface area contributed by atoms with Crippen LogP contribution in [0.25, 0.3) is 0 Å². The number of aryl methyl sites for hydroxylation is 2. The van der Waals surface area contributed by atoms with E-state index in [4.69, 9.17) is 0 Å². The predicted molar refractivity (Wildman–Crippen MR) is 76.6 cm³/mol. The fraction of sp³-hybridized carbons (Fsp3) is 0.571. The molecule has 2 amide bonds. The highest BCUT2D eigenvalue weighted by Gasteiger charge is 2.16. The summed E-state index contributed by atoms with van der Waals surface area (Å²) in [4.78, 5) is 24.9. The van der Waals surface area contributed by atoms with Crippen LogP contribution in [0.3, 0.4) is 0 Å². The van der Waals surface area contributed by atoms with E-state index in [2.05, 4.69) is 10.6 Å². The summed E-state index contributed by atoms with van der Waals surface area (Å²) in [6.45, 7) is 2.70. The lowest BCUT2D eigenvalue weighted by Crippen LogP contribution is -2.28. The Balaban J connectivity index is 1.77. The number of rotatable bonds is 5. The average molecular weight is 280 g/mol. The summed E-state index contributed by atoms with van der Waals surface area (Å²) in [6, 6.07) is 2.04. The monoisotopic (exact) mass is 280 g/mol. The number of hydrogen-bond donors (Lipinski definition) is 2. The quantitative estimate of drug-likeness (QED) is 0.809. The molecule has 104 valence electrons. The molecule has 0 atom stereocenters. The topological polar surface area (TPSA) is 58.2 Å². The van der Waals surface area contributed by atoms with Crippen LogP contribution < -0.4 is 10.6 Å². The molecule has 1 heterocycles. The number of fused-ring (bicyclic) bond motifs is 1. The Morgan fingerprint density at radius 3 is 2.68 bits per heavy atom. The van der Waals surface area contributed by atoms with Gasteiger partial charge >= 0.3 is 0 Å². The van der Waals surface area contributed by atoms with Crippen molar-refractivity contribution in [2.45, 2.75) is 39.0 Å². The van der Waals surface area contributed by atoms with Gasteiger partial charge in [-0.1, -0.05) is 0 Å². The highest BCUT2D eigenvalue weighted by Crippen LogP contribution is 2.29. The Morgan fingerprint density at radius 2 is 1.95 bits per heavy atom. The molecule has 1 aliphatic rings. The van der Waals surface area contributed by atoms with E-state index >= 15 is 0 Å². The van der Waals surface area contributed by atoms with Gasteiger partial charge in [-0.3, -0.25) is 9.59 Å². The van der Waals surface area contributed by atoms with Crippen molar-refractivity contribution in [3.63, 3.8) is 0 Å². The molecule has 0 spiro atoms. The SMILES string of the molecule is CC(=O)NCCCNC(=O)c1cc2c(s1)CCCC2. The van der Waals surface area contributed by atoms with Crippen LogP contribution >= 0.6 is 11.3 Å². The van der Waals surface area contributed by atoms with Crippen molar-refractivity contribution in [3.8, 4) is 0 Å². The van der Waals surface area contributed by atoms with Gasteiger partial charge in [0.2, 0.25) is 5.91 Å². The number of hydrogen-bond acceptors (Lipinski definition) is 3. The van der Waals surface area contributed by atoms with Crippen LogP contribution in [0.5, 0.6) is 0 Å². The van der Waals surface area contributed by atoms with E-state index in [1.807, 2.05) is 6.07 Å². The third-order valence-corrected chi connectivity index (χ3v) is 4.47. The zero-order chi connectivity index (χ0) is 13.7. The first-order chi connectivity index (χ1) is 9.16. The summed E-state index contributed by atoms with van der Waals surface area (Å²) in [6.07, 6.45) is 5.47. The van der Waals surface area contributed by atoms with Crippen LogP contribution in [0.2, 0.25) is 0 Å². The maximum Gasteiger partial charge on any atom is 0.261 e. The Bertz CT molecular complexity index is 445. The zero-order valence-corrected chi connectivity index (χ0v) is 12.1. The first-order valence-electron chi connectivity index (χ1n) is 6.81. The molecule has 4 nitrogen and oxygen atoms in total. The molecule has 19 heavy (non-hydrogen) atoms. The highest BCUT2D eigenvalue weighted by atomic mass is 32.1. The predicted octanol–water partition coefficient (Wildman–Crippen LogP) is 1.88. The fourth-order valence-electron chi connectivity index (χ4n) is 2.24. The Kier molecular flexibility index (Phi) is 4.96. The maximum atomic E-state index is 12.0. The van der Waals surface area contributed by atoms with E-state index in [1.165, 1.54) is 30.2 Å². The lowest BCUT2D eigenvalue weighted by molar-refractivity contribution is -0.118. The van der Waals surface area contributed by atoms with Crippen molar-refractivity contribution >= 4 is 23.2 Å². The lowest BCUT2D eigenvalue weighted by Gasteiger charge is -2.08. The molecule has 1 aliphatic carbocycles. The van der Waals surface area contributed by atoms with Crippen molar-refractivity contribution in [3.05, 3.63) is 21.4 Å². The fourth-order valence-corrected chi connectivity index (χ4v) is 3.41. The molecular formula is C14H20N2O2S. The number of carbonyl (C=O) groups excluding carboxylic acids is 2. The van der Waals surface area contributed by atoms with Gasteiger partial charge in [-0.25, -0.2) is 0 Å². The van der Waals surface area contributed by atoms with Gasteiger partial charge in [-0.2, -0.15) is 0 Å². The first-order valence-corrected chi connectivity index (χ1v) is 7.62. The summed E-state index contributed by atoms with van der Waals surface area (Å²) in [5.41, 5.74) is 1.36. The molecule has 2 rings (SSSR count). The van der Waals surface area contributed by atoms with Gasteiger partial charge in [0.15, 0.2) is 0 Å². The number of nitrogens with one attached hydrogen (secondary N) is 2. The van der Waals surface area contributed by atoms with E-state index in [9.17, 15) is 9.59 Å². The first kappa shape index (κ1) is 14.1. The van der Waals surface area contributed by atoms with Gasteiger partial charge < -0.3 is 10.6 Å². The molecule has 1 aromatic rings. The smallest absolute Gasteiger partial charge is 0.261 e. The summed E-state index contributed by atoms with van der Waals surface area (Å²) >= 11 is 1.63. The van der Waals surface area contributed by atoms with Crippen molar-refractivity contribution < 1.29 is 9.59 Å². The van der Waals surface area contributed by atoms with Gasteiger partial charge in [0.1, 0.15) is 0 Å². The van der Waals surface area contributed by atoms with E-state index in [0.29, 0.717) is 13.1 Å². The number of carbonyl (C=O) groups is 2. The second kappa shape index (κ2) is 6.70. The standard InChI is InChI=1S/C14H20N2O2S/c1-10(17)15-7-4-8-16-14(18)13-9-11-5-2-3-6-12(11)19-13/h9H,2-8H2,1H3,(H,15,17)(H,16,18). The summed E-state index contributed by atoms with van der Waals surface area (Å²) in [5, 5.41) is 5.61. The minimum absolute atomic E-state index is 0.0159. The summed E-state index contributed by atoms with van der Waals surface area (Å²) < 4.78 is 0. The molecule has 0 saturated carbocycles. The normalized spacial score (nSPS) is 13.7. The molecule has 0 aromatic carbocycles. The minimum atomic E-state index is -0.0303. The highest BCUT2D eigenvalue weighted by molar-refractivity contribution is 7.14. The van der Waals surface area contributed by atoms with Crippen LogP contribution in [0.1, 0.15) is 46.3 Å². The molecule has 0 aliphatic heterocycles. The maximum absolute atomic E-state index is 12.0. The second-order valence-corrected chi connectivity index (χ2v) is 6.00. The molecule has 0 bridgehead atoms. The van der Waals surface area contributed by atoms with Crippen LogP contribution in [-0.2, 0) is 17.6 Å². The molecule has 5 heteroatoms. The van der Waals surface area contributed by atoms with E-state index < -0.39 is 0 Å². The van der Waals surface area contributed by atoms with E-state index in [-0.39, 0.29) is 11.8 Å². The third-order valence-electron chi connectivity index (χ3n) is 3.23. The van der Waals surface area contributed by atoms with Gasteiger partial charge in [0.05, 0.1) is 4.88 Å². The average Bonchev–Trinajstić information content (AvgIpc) is 2.81. The Labute approximate surface area is 117 Å². The second-order valence-electron chi connectivity index (χ2n) is 4.86. The lowest BCUT2D eigenvalue weighted by atomic mass is 9.99.